The number of nitrogens with one attached hydrogen (secondary N) is 1. The average molecular weight is 332 g/mol. The summed E-state index contributed by atoms with van der Waals surface area (Å²) in [6.07, 6.45) is 0.829. The van der Waals surface area contributed by atoms with E-state index >= 15 is 0 Å². The Balaban J connectivity index is 1.90. The van der Waals surface area contributed by atoms with Crippen LogP contribution in [0.2, 0.25) is 0 Å². The summed E-state index contributed by atoms with van der Waals surface area (Å²) in [6, 6.07) is 6.75. The lowest BCUT2D eigenvalue weighted by atomic mass is 10.1. The van der Waals surface area contributed by atoms with Crippen LogP contribution in [0.15, 0.2) is 24.3 Å². The first kappa shape index (κ1) is 18.0. The molecule has 0 spiro atoms. The van der Waals surface area contributed by atoms with E-state index in [1.807, 2.05) is 20.8 Å². The van der Waals surface area contributed by atoms with E-state index in [9.17, 15) is 14.4 Å². The van der Waals surface area contributed by atoms with Gasteiger partial charge in [-0.2, -0.15) is 0 Å². The lowest BCUT2D eigenvalue weighted by molar-refractivity contribution is -0.148. The number of carbonyl (C=O) groups excluding carboxylic acids is 3. The van der Waals surface area contributed by atoms with E-state index in [2.05, 4.69) is 5.32 Å². The van der Waals surface area contributed by atoms with Crippen molar-refractivity contribution in [1.29, 1.82) is 0 Å². The quantitative estimate of drug-likeness (QED) is 0.778. The highest BCUT2D eigenvalue weighted by atomic mass is 16.5. The zero-order valence-electron chi connectivity index (χ0n) is 14.4. The van der Waals surface area contributed by atoms with Crippen LogP contribution in [-0.2, 0) is 14.3 Å². The molecule has 0 heterocycles. The molecule has 6 nitrogen and oxygen atoms in total. The maximum absolute atomic E-state index is 12.3. The van der Waals surface area contributed by atoms with Crippen molar-refractivity contribution in [3.8, 4) is 0 Å². The van der Waals surface area contributed by atoms with E-state index in [-0.39, 0.29) is 24.4 Å². The van der Waals surface area contributed by atoms with Crippen LogP contribution in [0.3, 0.4) is 0 Å². The molecule has 0 radical (unpaired) electrons. The largest absolute Gasteiger partial charge is 0.455 e. The lowest BCUT2D eigenvalue weighted by Gasteiger charge is -2.19. The predicted octanol–water partition coefficient (Wildman–Crippen LogP) is 2.31. The van der Waals surface area contributed by atoms with Crippen molar-refractivity contribution in [2.75, 3.05) is 25.0 Å². The first-order chi connectivity index (χ1) is 11.5. The van der Waals surface area contributed by atoms with Gasteiger partial charge in [-0.1, -0.05) is 13.0 Å². The van der Waals surface area contributed by atoms with E-state index in [1.165, 1.54) is 0 Å². The average Bonchev–Trinajstić information content (AvgIpc) is 3.31. The Morgan fingerprint density at radius 1 is 1.25 bits per heavy atom. The molecule has 0 bridgehead atoms. The van der Waals surface area contributed by atoms with E-state index < -0.39 is 5.91 Å². The fourth-order valence-corrected chi connectivity index (χ4v) is 2.51. The van der Waals surface area contributed by atoms with Gasteiger partial charge in [0.25, 0.3) is 11.8 Å². The number of rotatable bonds is 7. The van der Waals surface area contributed by atoms with Crippen LogP contribution in [0, 0.1) is 11.8 Å². The summed E-state index contributed by atoms with van der Waals surface area (Å²) in [6.45, 7) is 6.76. The lowest BCUT2D eigenvalue weighted by Crippen LogP contribution is -2.30. The summed E-state index contributed by atoms with van der Waals surface area (Å²) in [7, 11) is 0. The van der Waals surface area contributed by atoms with Crippen molar-refractivity contribution < 1.29 is 19.1 Å². The van der Waals surface area contributed by atoms with Gasteiger partial charge < -0.3 is 15.0 Å². The minimum atomic E-state index is -0.413. The molecule has 6 heteroatoms. The molecule has 1 aliphatic rings. The third-order valence-electron chi connectivity index (χ3n) is 4.20. The van der Waals surface area contributed by atoms with Gasteiger partial charge in [-0.15, -0.1) is 0 Å². The summed E-state index contributed by atoms with van der Waals surface area (Å²) < 4.78 is 4.99. The van der Waals surface area contributed by atoms with Gasteiger partial charge in [-0.25, -0.2) is 0 Å². The number of esters is 1. The molecule has 2 atom stereocenters. The molecule has 1 saturated carbocycles. The molecule has 0 aliphatic heterocycles. The van der Waals surface area contributed by atoms with E-state index in [0.717, 1.165) is 6.42 Å². The normalized spacial score (nSPS) is 18.6. The Labute approximate surface area is 142 Å². The minimum Gasteiger partial charge on any atom is -0.455 e. The van der Waals surface area contributed by atoms with Crippen LogP contribution in [0.25, 0.3) is 0 Å². The zero-order valence-corrected chi connectivity index (χ0v) is 14.4. The van der Waals surface area contributed by atoms with Gasteiger partial charge in [0.05, 0.1) is 5.92 Å². The van der Waals surface area contributed by atoms with Gasteiger partial charge in [0.1, 0.15) is 0 Å². The van der Waals surface area contributed by atoms with E-state index in [4.69, 9.17) is 4.74 Å². The maximum atomic E-state index is 12.3. The second-order valence-corrected chi connectivity index (χ2v) is 6.03. The van der Waals surface area contributed by atoms with Crippen molar-refractivity contribution in [2.24, 2.45) is 11.8 Å². The molecule has 130 valence electrons. The Morgan fingerprint density at radius 2 is 1.92 bits per heavy atom. The van der Waals surface area contributed by atoms with Crippen LogP contribution in [0.5, 0.6) is 0 Å². The number of carbonyl (C=O) groups is 3. The molecule has 2 amide bonds. The molecule has 0 aromatic heterocycles. The molecular formula is C18H24N2O4. The number of hydrogen-bond acceptors (Lipinski definition) is 4. The number of hydrogen-bond donors (Lipinski definition) is 1. The SMILES string of the molecule is CCN(CC)C(=O)c1cccc(NC(=O)COC(=O)[C@@H]2C[C@H]2C)c1. The van der Waals surface area contributed by atoms with Crippen molar-refractivity contribution >= 4 is 23.5 Å². The second-order valence-electron chi connectivity index (χ2n) is 6.03. The number of amides is 2. The highest BCUT2D eigenvalue weighted by Gasteiger charge is 2.40. The zero-order chi connectivity index (χ0) is 17.7. The van der Waals surface area contributed by atoms with Gasteiger partial charge in [0.2, 0.25) is 0 Å². The fraction of sp³-hybridized carbons (Fsp3) is 0.500. The Kier molecular flexibility index (Phi) is 5.95. The molecule has 1 N–H and O–H groups in total. The van der Waals surface area contributed by atoms with Gasteiger partial charge in [0, 0.05) is 24.3 Å². The first-order valence-corrected chi connectivity index (χ1v) is 8.32. The highest BCUT2D eigenvalue weighted by Crippen LogP contribution is 2.38. The molecule has 1 aromatic rings. The third kappa shape index (κ3) is 4.57. The van der Waals surface area contributed by atoms with Crippen LogP contribution < -0.4 is 5.32 Å². The van der Waals surface area contributed by atoms with E-state index in [0.29, 0.717) is 30.3 Å². The van der Waals surface area contributed by atoms with Crippen LogP contribution in [0.1, 0.15) is 37.6 Å². The third-order valence-corrected chi connectivity index (χ3v) is 4.20. The predicted molar refractivity (Wildman–Crippen MR) is 90.6 cm³/mol. The Bertz CT molecular complexity index is 625. The molecule has 24 heavy (non-hydrogen) atoms. The standard InChI is InChI=1S/C18H24N2O4/c1-4-20(5-2)17(22)13-7-6-8-14(10-13)19-16(21)11-24-18(23)15-9-12(15)3/h6-8,10,12,15H,4-5,9,11H2,1-3H3,(H,19,21)/t12-,15-/m1/s1. The molecule has 1 aliphatic carbocycles. The number of nitrogens with zero attached hydrogens (tertiary/aromatic N) is 1. The van der Waals surface area contributed by atoms with Gasteiger partial charge in [-0.05, 0) is 44.4 Å². The molecule has 2 rings (SSSR count). The van der Waals surface area contributed by atoms with Crippen molar-refractivity contribution in [3.05, 3.63) is 29.8 Å². The minimum absolute atomic E-state index is 0.0622. The summed E-state index contributed by atoms with van der Waals surface area (Å²) in [5, 5.41) is 2.65. The number of ether oxygens (including phenoxy) is 1. The second kappa shape index (κ2) is 7.95. The summed E-state index contributed by atoms with van der Waals surface area (Å²) >= 11 is 0. The Morgan fingerprint density at radius 3 is 2.50 bits per heavy atom. The maximum Gasteiger partial charge on any atom is 0.309 e. The number of benzene rings is 1. The molecule has 0 saturated heterocycles. The Hall–Kier alpha value is -2.37. The molecule has 1 fully saturated rings. The smallest absolute Gasteiger partial charge is 0.309 e. The van der Waals surface area contributed by atoms with Crippen molar-refractivity contribution in [1.82, 2.24) is 4.90 Å². The molecule has 1 aromatic carbocycles. The highest BCUT2D eigenvalue weighted by molar-refractivity contribution is 5.97. The van der Waals surface area contributed by atoms with Crippen molar-refractivity contribution in [3.63, 3.8) is 0 Å². The van der Waals surface area contributed by atoms with Crippen LogP contribution in [0.4, 0.5) is 5.69 Å². The molecule has 0 unspecified atom stereocenters. The van der Waals surface area contributed by atoms with Crippen LogP contribution >= 0.6 is 0 Å². The van der Waals surface area contributed by atoms with Gasteiger partial charge in [-0.3, -0.25) is 14.4 Å². The topological polar surface area (TPSA) is 75.7 Å². The number of anilines is 1. The first-order valence-electron chi connectivity index (χ1n) is 8.32. The summed E-state index contributed by atoms with van der Waals surface area (Å²) in [4.78, 5) is 37.5. The van der Waals surface area contributed by atoms with Gasteiger partial charge >= 0.3 is 5.97 Å². The van der Waals surface area contributed by atoms with Crippen molar-refractivity contribution in [2.45, 2.75) is 27.2 Å². The monoisotopic (exact) mass is 332 g/mol. The van der Waals surface area contributed by atoms with Crippen LogP contribution in [-0.4, -0.2) is 42.4 Å². The summed E-state index contributed by atoms with van der Waals surface area (Å²) in [5.41, 5.74) is 1.02. The van der Waals surface area contributed by atoms with Gasteiger partial charge in [0.15, 0.2) is 6.61 Å². The molecular weight excluding hydrogens is 308 g/mol. The summed E-state index contributed by atoms with van der Waals surface area (Å²) in [5.74, 6) is -0.520. The van der Waals surface area contributed by atoms with E-state index in [1.54, 1.807) is 29.2 Å². The fourth-order valence-electron chi connectivity index (χ4n) is 2.51.